The Morgan fingerprint density at radius 2 is 1.88 bits per heavy atom. The molecule has 2 rings (SSSR count). The van der Waals surface area contributed by atoms with Gasteiger partial charge in [-0.3, -0.25) is 0 Å². The Morgan fingerprint density at radius 3 is 2.38 bits per heavy atom. The molecule has 0 bridgehead atoms. The van der Waals surface area contributed by atoms with Crippen LogP contribution in [-0.2, 0) is 0 Å². The summed E-state index contributed by atoms with van der Waals surface area (Å²) in [6.45, 7) is 1.68. The maximum absolute atomic E-state index is 9.39. The predicted octanol–water partition coefficient (Wildman–Crippen LogP) is 4.17. The van der Waals surface area contributed by atoms with Crippen LogP contribution in [0.3, 0.4) is 0 Å². The van der Waals surface area contributed by atoms with Crippen molar-refractivity contribution in [3.8, 4) is 10.6 Å². The van der Waals surface area contributed by atoms with Crippen LogP contribution in [0.25, 0.3) is 10.6 Å². The van der Waals surface area contributed by atoms with Crippen LogP contribution in [0, 0.1) is 0 Å². The maximum atomic E-state index is 9.39. The molecule has 0 saturated carbocycles. The molecule has 1 aromatic heterocycles. The number of hydrogen-bond acceptors (Lipinski definition) is 3. The topological polar surface area (TPSA) is 33.1 Å². The van der Waals surface area contributed by atoms with E-state index in [-0.39, 0.29) is 0 Å². The highest BCUT2D eigenvalue weighted by atomic mass is 35.5. The Morgan fingerprint density at radius 1 is 1.25 bits per heavy atom. The Balaban J connectivity index is 2.42. The molecule has 0 spiro atoms. The first kappa shape index (κ1) is 11.9. The van der Waals surface area contributed by atoms with E-state index in [4.69, 9.17) is 23.2 Å². The predicted molar refractivity (Wildman–Crippen MR) is 68.2 cm³/mol. The summed E-state index contributed by atoms with van der Waals surface area (Å²) in [5, 5.41) is 13.2. The van der Waals surface area contributed by atoms with Crippen molar-refractivity contribution in [2.24, 2.45) is 0 Å². The van der Waals surface area contributed by atoms with Crippen LogP contribution >= 0.6 is 34.5 Å². The summed E-state index contributed by atoms with van der Waals surface area (Å²) >= 11 is 13.3. The average Bonchev–Trinajstić information content (AvgIpc) is 2.64. The summed E-state index contributed by atoms with van der Waals surface area (Å²) in [7, 11) is 0. The van der Waals surface area contributed by atoms with E-state index in [9.17, 15) is 5.11 Å². The van der Waals surface area contributed by atoms with Crippen molar-refractivity contribution in [3.05, 3.63) is 39.3 Å². The summed E-state index contributed by atoms with van der Waals surface area (Å²) < 4.78 is 0. The first-order valence-corrected chi connectivity index (χ1v) is 6.30. The summed E-state index contributed by atoms with van der Waals surface area (Å²) in [6, 6.07) is 5.28. The van der Waals surface area contributed by atoms with E-state index in [2.05, 4.69) is 4.98 Å². The molecule has 16 heavy (non-hydrogen) atoms. The van der Waals surface area contributed by atoms with Gasteiger partial charge in [0.1, 0.15) is 5.01 Å². The van der Waals surface area contributed by atoms with E-state index in [1.54, 1.807) is 25.1 Å². The second-order valence-electron chi connectivity index (χ2n) is 3.41. The molecule has 0 amide bonds. The molecule has 0 aliphatic rings. The van der Waals surface area contributed by atoms with Crippen molar-refractivity contribution in [1.29, 1.82) is 0 Å². The van der Waals surface area contributed by atoms with Gasteiger partial charge in [-0.05, 0) is 25.1 Å². The number of thiazole rings is 1. The zero-order chi connectivity index (χ0) is 11.7. The zero-order valence-corrected chi connectivity index (χ0v) is 10.8. The number of aliphatic hydroxyl groups excluding tert-OH is 1. The zero-order valence-electron chi connectivity index (χ0n) is 8.45. The second kappa shape index (κ2) is 4.72. The first-order chi connectivity index (χ1) is 7.56. The highest BCUT2D eigenvalue weighted by Crippen LogP contribution is 2.30. The third-order valence-corrected chi connectivity index (χ3v) is 3.41. The van der Waals surface area contributed by atoms with Crippen LogP contribution in [0.15, 0.2) is 23.6 Å². The van der Waals surface area contributed by atoms with E-state index < -0.39 is 6.10 Å². The van der Waals surface area contributed by atoms with Gasteiger partial charge in [0, 0.05) is 21.0 Å². The fraction of sp³-hybridized carbons (Fsp3) is 0.182. The lowest BCUT2D eigenvalue weighted by Crippen LogP contribution is -1.90. The molecule has 5 heteroatoms. The second-order valence-corrected chi connectivity index (χ2v) is 5.14. The highest BCUT2D eigenvalue weighted by Gasteiger charge is 2.09. The molecule has 2 nitrogen and oxygen atoms in total. The van der Waals surface area contributed by atoms with Crippen LogP contribution in [0.1, 0.15) is 18.7 Å². The van der Waals surface area contributed by atoms with Gasteiger partial charge >= 0.3 is 0 Å². The lowest BCUT2D eigenvalue weighted by atomic mass is 10.2. The number of benzene rings is 1. The summed E-state index contributed by atoms with van der Waals surface area (Å²) in [5.74, 6) is 0. The van der Waals surface area contributed by atoms with Crippen molar-refractivity contribution < 1.29 is 5.11 Å². The van der Waals surface area contributed by atoms with E-state index in [1.165, 1.54) is 11.3 Å². The monoisotopic (exact) mass is 273 g/mol. The van der Waals surface area contributed by atoms with Gasteiger partial charge < -0.3 is 5.11 Å². The van der Waals surface area contributed by atoms with E-state index in [0.717, 1.165) is 10.6 Å². The molecular weight excluding hydrogens is 265 g/mol. The van der Waals surface area contributed by atoms with Gasteiger partial charge in [-0.2, -0.15) is 0 Å². The maximum Gasteiger partial charge on any atom is 0.123 e. The normalized spacial score (nSPS) is 12.8. The number of hydrogen-bond donors (Lipinski definition) is 1. The molecule has 1 unspecified atom stereocenters. The van der Waals surface area contributed by atoms with Crippen molar-refractivity contribution >= 4 is 34.5 Å². The molecule has 0 aliphatic heterocycles. The van der Waals surface area contributed by atoms with Crippen molar-refractivity contribution in [3.63, 3.8) is 0 Å². The molecule has 1 aromatic carbocycles. The fourth-order valence-electron chi connectivity index (χ4n) is 1.29. The SMILES string of the molecule is CC(O)c1csc(-c2cc(Cl)cc(Cl)c2)n1. The Hall–Kier alpha value is -0.610. The minimum Gasteiger partial charge on any atom is -0.387 e. The Kier molecular flexibility index (Phi) is 3.50. The number of rotatable bonds is 2. The highest BCUT2D eigenvalue weighted by molar-refractivity contribution is 7.13. The van der Waals surface area contributed by atoms with Crippen molar-refractivity contribution in [2.45, 2.75) is 13.0 Å². The van der Waals surface area contributed by atoms with Gasteiger partial charge in [-0.15, -0.1) is 11.3 Å². The molecule has 0 saturated heterocycles. The Labute approximate surface area is 107 Å². The first-order valence-electron chi connectivity index (χ1n) is 4.66. The van der Waals surface area contributed by atoms with Gasteiger partial charge in [0.25, 0.3) is 0 Å². The fourth-order valence-corrected chi connectivity index (χ4v) is 2.71. The molecule has 2 aromatic rings. The third kappa shape index (κ3) is 2.55. The standard InChI is InChI=1S/C11H9Cl2NOS/c1-6(15)10-5-16-11(14-10)7-2-8(12)4-9(13)3-7/h2-6,15H,1H3. The quantitative estimate of drug-likeness (QED) is 0.891. The van der Waals surface area contributed by atoms with Gasteiger partial charge in [0.2, 0.25) is 0 Å². The van der Waals surface area contributed by atoms with Crippen LogP contribution in [0.2, 0.25) is 10.0 Å². The Bertz CT molecular complexity index is 490. The van der Waals surface area contributed by atoms with Crippen LogP contribution in [0.5, 0.6) is 0 Å². The largest absolute Gasteiger partial charge is 0.387 e. The lowest BCUT2D eigenvalue weighted by molar-refractivity contribution is 0.195. The van der Waals surface area contributed by atoms with Crippen LogP contribution < -0.4 is 0 Å². The number of halogens is 2. The van der Waals surface area contributed by atoms with Crippen molar-refractivity contribution in [1.82, 2.24) is 4.98 Å². The minimum absolute atomic E-state index is 0.556. The van der Waals surface area contributed by atoms with Crippen molar-refractivity contribution in [2.75, 3.05) is 0 Å². The minimum atomic E-state index is -0.556. The van der Waals surface area contributed by atoms with Crippen LogP contribution in [0.4, 0.5) is 0 Å². The number of aliphatic hydroxyl groups is 1. The molecule has 0 aliphatic carbocycles. The molecule has 1 heterocycles. The summed E-state index contributed by atoms with van der Waals surface area (Å²) in [6.07, 6.45) is -0.556. The smallest absolute Gasteiger partial charge is 0.123 e. The summed E-state index contributed by atoms with van der Waals surface area (Å²) in [5.41, 5.74) is 1.53. The third-order valence-electron chi connectivity index (χ3n) is 2.06. The molecular formula is C11H9Cl2NOS. The number of aromatic nitrogens is 1. The van der Waals surface area contributed by atoms with Gasteiger partial charge in [-0.25, -0.2) is 4.98 Å². The van der Waals surface area contributed by atoms with E-state index in [1.807, 2.05) is 5.38 Å². The lowest BCUT2D eigenvalue weighted by Gasteiger charge is -2.00. The van der Waals surface area contributed by atoms with Gasteiger partial charge in [0.15, 0.2) is 0 Å². The molecule has 0 radical (unpaired) electrons. The molecule has 1 N–H and O–H groups in total. The van der Waals surface area contributed by atoms with Gasteiger partial charge in [0.05, 0.1) is 11.8 Å². The van der Waals surface area contributed by atoms with E-state index >= 15 is 0 Å². The molecule has 1 atom stereocenters. The van der Waals surface area contributed by atoms with Crippen LogP contribution in [-0.4, -0.2) is 10.1 Å². The van der Waals surface area contributed by atoms with E-state index in [0.29, 0.717) is 15.7 Å². The summed E-state index contributed by atoms with van der Waals surface area (Å²) in [4.78, 5) is 4.31. The molecule has 84 valence electrons. The molecule has 0 fully saturated rings. The van der Waals surface area contributed by atoms with Gasteiger partial charge in [-0.1, -0.05) is 23.2 Å². The average molecular weight is 274 g/mol. The number of nitrogens with zero attached hydrogens (tertiary/aromatic N) is 1.